The summed E-state index contributed by atoms with van der Waals surface area (Å²) in [6.45, 7) is 6.10. The summed E-state index contributed by atoms with van der Waals surface area (Å²) in [5.74, 6) is 0.910. The van der Waals surface area contributed by atoms with E-state index in [1.54, 1.807) is 0 Å². The highest BCUT2D eigenvalue weighted by Crippen LogP contribution is 2.25. The molecule has 1 atom stereocenters. The molecule has 1 saturated carbocycles. The third-order valence-electron chi connectivity index (χ3n) is 3.99. The molecule has 1 unspecified atom stereocenters. The van der Waals surface area contributed by atoms with E-state index in [0.29, 0.717) is 12.2 Å². The van der Waals surface area contributed by atoms with E-state index < -0.39 is 0 Å². The molecule has 0 bridgehead atoms. The van der Waals surface area contributed by atoms with Crippen LogP contribution < -0.4 is 5.32 Å². The van der Waals surface area contributed by atoms with Gasteiger partial charge < -0.3 is 14.8 Å². The van der Waals surface area contributed by atoms with Crippen molar-refractivity contribution in [3.63, 3.8) is 0 Å². The molecule has 0 spiro atoms. The van der Waals surface area contributed by atoms with Gasteiger partial charge in [0.2, 0.25) is 0 Å². The highest BCUT2D eigenvalue weighted by Gasteiger charge is 2.18. The molecule has 0 amide bonds. The van der Waals surface area contributed by atoms with Gasteiger partial charge in [0.05, 0.1) is 18.8 Å². The van der Waals surface area contributed by atoms with Crippen molar-refractivity contribution in [2.75, 3.05) is 26.3 Å². The Morgan fingerprint density at radius 2 is 2.00 bits per heavy atom. The number of rotatable bonds is 6. The predicted molar refractivity (Wildman–Crippen MR) is 69.2 cm³/mol. The Kier molecular flexibility index (Phi) is 5.75. The van der Waals surface area contributed by atoms with Gasteiger partial charge in [0.1, 0.15) is 0 Å². The van der Waals surface area contributed by atoms with Gasteiger partial charge in [-0.25, -0.2) is 0 Å². The van der Waals surface area contributed by atoms with Crippen molar-refractivity contribution < 1.29 is 9.47 Å². The number of hydrogen-bond donors (Lipinski definition) is 1. The molecule has 2 rings (SSSR count). The summed E-state index contributed by atoms with van der Waals surface area (Å²) in [6, 6.07) is 0. The van der Waals surface area contributed by atoms with Crippen molar-refractivity contribution in [3.05, 3.63) is 0 Å². The van der Waals surface area contributed by atoms with Gasteiger partial charge in [-0.1, -0.05) is 6.92 Å². The quantitative estimate of drug-likeness (QED) is 0.724. The van der Waals surface area contributed by atoms with Crippen molar-refractivity contribution in [2.45, 2.75) is 57.7 Å². The first kappa shape index (κ1) is 13.3. The lowest BCUT2D eigenvalue weighted by atomic mass is 9.89. The lowest BCUT2D eigenvalue weighted by Crippen LogP contribution is -2.30. The van der Waals surface area contributed by atoms with Crippen LogP contribution in [-0.2, 0) is 9.47 Å². The van der Waals surface area contributed by atoms with E-state index in [1.165, 1.54) is 38.5 Å². The number of hydrogen-bond acceptors (Lipinski definition) is 3. The molecule has 1 aliphatic heterocycles. The minimum atomic E-state index is 0.450. The molecular weight excluding hydrogens is 214 g/mol. The molecule has 0 aromatic carbocycles. The average Bonchev–Trinajstić information content (AvgIpc) is 2.84. The first-order valence-corrected chi connectivity index (χ1v) is 7.28. The predicted octanol–water partition coefficient (Wildman–Crippen LogP) is 2.35. The highest BCUT2D eigenvalue weighted by atomic mass is 16.5. The van der Waals surface area contributed by atoms with E-state index in [2.05, 4.69) is 12.2 Å². The molecule has 2 fully saturated rings. The van der Waals surface area contributed by atoms with Crippen LogP contribution in [0.1, 0.15) is 45.4 Å². The summed E-state index contributed by atoms with van der Waals surface area (Å²) in [6.07, 6.45) is 8.61. The molecule has 0 aromatic heterocycles. The molecule has 1 aliphatic carbocycles. The third kappa shape index (κ3) is 4.94. The minimum absolute atomic E-state index is 0.450. The largest absolute Gasteiger partial charge is 0.377 e. The lowest BCUT2D eigenvalue weighted by Gasteiger charge is -2.26. The van der Waals surface area contributed by atoms with E-state index in [0.717, 1.165) is 32.2 Å². The Hall–Kier alpha value is -0.120. The van der Waals surface area contributed by atoms with Crippen molar-refractivity contribution in [1.29, 1.82) is 0 Å². The Labute approximate surface area is 105 Å². The highest BCUT2D eigenvalue weighted by molar-refractivity contribution is 4.70. The van der Waals surface area contributed by atoms with Crippen molar-refractivity contribution in [3.8, 4) is 0 Å². The second-order valence-electron chi connectivity index (χ2n) is 5.59. The molecule has 1 N–H and O–H groups in total. The van der Waals surface area contributed by atoms with Crippen LogP contribution in [0.15, 0.2) is 0 Å². The van der Waals surface area contributed by atoms with Crippen LogP contribution in [0.25, 0.3) is 0 Å². The summed E-state index contributed by atoms with van der Waals surface area (Å²) in [5.41, 5.74) is 0. The van der Waals surface area contributed by atoms with E-state index in [4.69, 9.17) is 9.47 Å². The molecule has 3 nitrogen and oxygen atoms in total. The molecular formula is C14H27NO2. The topological polar surface area (TPSA) is 30.5 Å². The zero-order valence-electron chi connectivity index (χ0n) is 11.1. The Morgan fingerprint density at radius 1 is 1.18 bits per heavy atom. The molecule has 3 heteroatoms. The van der Waals surface area contributed by atoms with Gasteiger partial charge in [-0.15, -0.1) is 0 Å². The molecule has 2 aliphatic rings. The fourth-order valence-corrected chi connectivity index (χ4v) is 2.76. The summed E-state index contributed by atoms with van der Waals surface area (Å²) >= 11 is 0. The second kappa shape index (κ2) is 7.34. The van der Waals surface area contributed by atoms with Gasteiger partial charge in [0, 0.05) is 19.7 Å². The zero-order chi connectivity index (χ0) is 11.9. The summed E-state index contributed by atoms with van der Waals surface area (Å²) < 4.78 is 11.5. The first-order chi connectivity index (χ1) is 8.34. The second-order valence-corrected chi connectivity index (χ2v) is 5.59. The van der Waals surface area contributed by atoms with Gasteiger partial charge in [-0.2, -0.15) is 0 Å². The molecule has 0 aromatic rings. The van der Waals surface area contributed by atoms with Crippen molar-refractivity contribution in [2.24, 2.45) is 5.92 Å². The monoisotopic (exact) mass is 241 g/mol. The smallest absolute Gasteiger partial charge is 0.0700 e. The minimum Gasteiger partial charge on any atom is -0.377 e. The maximum Gasteiger partial charge on any atom is 0.0700 e. The molecule has 1 heterocycles. The molecule has 0 radical (unpaired) electrons. The van der Waals surface area contributed by atoms with Crippen molar-refractivity contribution in [1.82, 2.24) is 5.32 Å². The Morgan fingerprint density at radius 3 is 2.71 bits per heavy atom. The summed E-state index contributed by atoms with van der Waals surface area (Å²) in [4.78, 5) is 0. The van der Waals surface area contributed by atoms with Crippen molar-refractivity contribution >= 4 is 0 Å². The Bertz CT molecular complexity index is 196. The maximum absolute atomic E-state index is 5.89. The van der Waals surface area contributed by atoms with Crippen LogP contribution in [0.3, 0.4) is 0 Å². The van der Waals surface area contributed by atoms with Crippen LogP contribution in [0.4, 0.5) is 0 Å². The maximum atomic E-state index is 5.89. The molecule has 1 saturated heterocycles. The number of nitrogens with one attached hydrogen (secondary N) is 1. The van der Waals surface area contributed by atoms with Gasteiger partial charge >= 0.3 is 0 Å². The molecule has 17 heavy (non-hydrogen) atoms. The van der Waals surface area contributed by atoms with E-state index in [-0.39, 0.29) is 0 Å². The van der Waals surface area contributed by atoms with Gasteiger partial charge in [-0.05, 0) is 44.4 Å². The van der Waals surface area contributed by atoms with Gasteiger partial charge in [0.15, 0.2) is 0 Å². The third-order valence-corrected chi connectivity index (χ3v) is 3.99. The first-order valence-electron chi connectivity index (χ1n) is 7.28. The van der Waals surface area contributed by atoms with Gasteiger partial charge in [0.25, 0.3) is 0 Å². The Balaban J connectivity index is 1.43. The van der Waals surface area contributed by atoms with Crippen LogP contribution in [0, 0.1) is 5.92 Å². The van der Waals surface area contributed by atoms with Crippen LogP contribution in [0.2, 0.25) is 0 Å². The van der Waals surface area contributed by atoms with E-state index in [1.807, 2.05) is 0 Å². The summed E-state index contributed by atoms with van der Waals surface area (Å²) in [7, 11) is 0. The fraction of sp³-hybridized carbons (Fsp3) is 1.00. The number of ether oxygens (including phenoxy) is 2. The average molecular weight is 241 g/mol. The normalized spacial score (nSPS) is 34.1. The van der Waals surface area contributed by atoms with E-state index >= 15 is 0 Å². The molecule has 100 valence electrons. The fourth-order valence-electron chi connectivity index (χ4n) is 2.76. The summed E-state index contributed by atoms with van der Waals surface area (Å²) in [5, 5.41) is 3.43. The van der Waals surface area contributed by atoms with E-state index in [9.17, 15) is 0 Å². The van der Waals surface area contributed by atoms with Crippen LogP contribution in [-0.4, -0.2) is 38.5 Å². The van der Waals surface area contributed by atoms with Crippen LogP contribution in [0.5, 0.6) is 0 Å². The zero-order valence-corrected chi connectivity index (χ0v) is 11.1. The van der Waals surface area contributed by atoms with Gasteiger partial charge in [-0.3, -0.25) is 0 Å². The SMILES string of the molecule is CC1CCC(OCCNCC2CCCO2)CC1. The standard InChI is InChI=1S/C14H27NO2/c1-12-4-6-13(7-5-12)17-10-8-15-11-14-3-2-9-16-14/h12-15H,2-11H2,1H3. The lowest BCUT2D eigenvalue weighted by molar-refractivity contribution is 0.0202. The van der Waals surface area contributed by atoms with Crippen LogP contribution >= 0.6 is 0 Å².